The van der Waals surface area contributed by atoms with Crippen LogP contribution in [-0.2, 0) is 4.74 Å². The zero-order valence-electron chi connectivity index (χ0n) is 14.7. The van der Waals surface area contributed by atoms with E-state index in [2.05, 4.69) is 22.1 Å². The number of pyridine rings is 1. The van der Waals surface area contributed by atoms with E-state index < -0.39 is 0 Å². The molecule has 3 rings (SSSR count). The van der Waals surface area contributed by atoms with Gasteiger partial charge in [0.05, 0.1) is 5.56 Å². The van der Waals surface area contributed by atoms with E-state index in [4.69, 9.17) is 4.74 Å². The van der Waals surface area contributed by atoms with Gasteiger partial charge in [0, 0.05) is 45.2 Å². The maximum Gasteiger partial charge on any atom is 0.252 e. The van der Waals surface area contributed by atoms with Crippen LogP contribution in [0.2, 0.25) is 0 Å². The third-order valence-corrected chi connectivity index (χ3v) is 5.63. The van der Waals surface area contributed by atoms with Gasteiger partial charge >= 0.3 is 0 Å². The number of hydrogen-bond acceptors (Lipinski definition) is 4. The number of rotatable bonds is 6. The summed E-state index contributed by atoms with van der Waals surface area (Å²) in [6, 6.07) is 3.62. The first kappa shape index (κ1) is 17.4. The molecule has 24 heavy (non-hydrogen) atoms. The minimum Gasteiger partial charge on any atom is -0.381 e. The lowest BCUT2D eigenvalue weighted by Crippen LogP contribution is -2.42. The molecule has 3 heterocycles. The first-order valence-corrected chi connectivity index (χ1v) is 9.22. The van der Waals surface area contributed by atoms with E-state index in [0.29, 0.717) is 16.9 Å². The highest BCUT2D eigenvalue weighted by molar-refractivity contribution is 5.93. The van der Waals surface area contributed by atoms with E-state index in [1.54, 1.807) is 18.5 Å². The third-order valence-electron chi connectivity index (χ3n) is 5.63. The Labute approximate surface area is 144 Å². The molecule has 5 heteroatoms. The number of ether oxygens (including phenoxy) is 1. The number of carbonyl (C=O) groups excluding carboxylic acids is 1. The molecule has 1 unspecified atom stereocenters. The van der Waals surface area contributed by atoms with Gasteiger partial charge in [-0.3, -0.25) is 9.78 Å². The molecule has 1 atom stereocenters. The van der Waals surface area contributed by atoms with Crippen molar-refractivity contribution in [3.05, 3.63) is 30.1 Å². The normalized spacial score (nSPS) is 23.5. The van der Waals surface area contributed by atoms with Gasteiger partial charge in [0.2, 0.25) is 0 Å². The van der Waals surface area contributed by atoms with Gasteiger partial charge in [0.15, 0.2) is 0 Å². The van der Waals surface area contributed by atoms with Gasteiger partial charge < -0.3 is 15.0 Å². The molecule has 0 bridgehead atoms. The minimum absolute atomic E-state index is 0.0164. The Morgan fingerprint density at radius 2 is 2.29 bits per heavy atom. The smallest absolute Gasteiger partial charge is 0.252 e. The molecule has 2 saturated heterocycles. The Balaban J connectivity index is 1.62. The number of aromatic nitrogens is 1. The van der Waals surface area contributed by atoms with Crippen molar-refractivity contribution in [2.45, 2.75) is 32.6 Å². The van der Waals surface area contributed by atoms with Crippen LogP contribution in [0.5, 0.6) is 0 Å². The zero-order valence-corrected chi connectivity index (χ0v) is 14.7. The summed E-state index contributed by atoms with van der Waals surface area (Å²) in [5, 5.41) is 3.14. The van der Waals surface area contributed by atoms with Crippen LogP contribution >= 0.6 is 0 Å². The van der Waals surface area contributed by atoms with Crippen LogP contribution in [0.15, 0.2) is 24.5 Å². The van der Waals surface area contributed by atoms with Crippen molar-refractivity contribution in [1.29, 1.82) is 0 Å². The fourth-order valence-corrected chi connectivity index (χ4v) is 4.14. The summed E-state index contributed by atoms with van der Waals surface area (Å²) < 4.78 is 5.60. The number of carbonyl (C=O) groups is 1. The molecule has 1 aromatic heterocycles. The maximum absolute atomic E-state index is 12.3. The molecule has 0 saturated carbocycles. The van der Waals surface area contributed by atoms with E-state index in [9.17, 15) is 4.79 Å². The van der Waals surface area contributed by atoms with Crippen molar-refractivity contribution < 1.29 is 9.53 Å². The van der Waals surface area contributed by atoms with E-state index in [1.807, 2.05) is 6.07 Å². The summed E-state index contributed by atoms with van der Waals surface area (Å²) in [5.74, 6) is 0.496. The van der Waals surface area contributed by atoms with E-state index in [0.717, 1.165) is 45.7 Å². The number of unbranched alkanes of at least 4 members (excludes halogenated alkanes) is 1. The molecule has 0 aromatic carbocycles. The lowest BCUT2D eigenvalue weighted by molar-refractivity contribution is -0.0000423. The second kappa shape index (κ2) is 8.08. The molecule has 1 spiro atoms. The van der Waals surface area contributed by atoms with Gasteiger partial charge in [0.25, 0.3) is 5.91 Å². The molecule has 1 amide bonds. The number of hydrogen-bond donors (Lipinski definition) is 1. The molecule has 1 aromatic rings. The van der Waals surface area contributed by atoms with Crippen LogP contribution < -0.4 is 5.32 Å². The number of nitrogens with zero attached hydrogens (tertiary/aromatic N) is 2. The third kappa shape index (κ3) is 3.95. The number of amides is 1. The van der Waals surface area contributed by atoms with Gasteiger partial charge in [-0.15, -0.1) is 0 Å². The van der Waals surface area contributed by atoms with Crippen molar-refractivity contribution >= 4 is 5.91 Å². The molecule has 0 radical (unpaired) electrons. The van der Waals surface area contributed by atoms with Crippen molar-refractivity contribution in [1.82, 2.24) is 15.2 Å². The molecule has 2 fully saturated rings. The maximum atomic E-state index is 12.3. The number of likely N-dealkylation sites (tertiary alicyclic amines) is 1. The van der Waals surface area contributed by atoms with Crippen molar-refractivity contribution in [2.75, 3.05) is 39.4 Å². The summed E-state index contributed by atoms with van der Waals surface area (Å²) in [7, 11) is 0. The highest BCUT2D eigenvalue weighted by Crippen LogP contribution is 2.44. The van der Waals surface area contributed by atoms with Gasteiger partial charge in [-0.2, -0.15) is 0 Å². The van der Waals surface area contributed by atoms with E-state index >= 15 is 0 Å². The van der Waals surface area contributed by atoms with Crippen molar-refractivity contribution in [3.8, 4) is 0 Å². The predicted octanol–water partition coefficient (Wildman–Crippen LogP) is 2.34. The minimum atomic E-state index is -0.0164. The van der Waals surface area contributed by atoms with Crippen LogP contribution in [0, 0.1) is 11.3 Å². The Morgan fingerprint density at radius 3 is 3.00 bits per heavy atom. The van der Waals surface area contributed by atoms with Gasteiger partial charge in [-0.25, -0.2) is 0 Å². The molecule has 0 aliphatic carbocycles. The molecule has 1 N–H and O–H groups in total. The van der Waals surface area contributed by atoms with Gasteiger partial charge in [0.1, 0.15) is 0 Å². The lowest BCUT2D eigenvalue weighted by atomic mass is 9.72. The van der Waals surface area contributed by atoms with Gasteiger partial charge in [-0.05, 0) is 49.3 Å². The highest BCUT2D eigenvalue weighted by Gasteiger charge is 2.46. The fourth-order valence-electron chi connectivity index (χ4n) is 4.14. The summed E-state index contributed by atoms with van der Waals surface area (Å²) in [5.41, 5.74) is 0.952. The zero-order chi connectivity index (χ0) is 16.8. The second-order valence-corrected chi connectivity index (χ2v) is 7.21. The monoisotopic (exact) mass is 331 g/mol. The summed E-state index contributed by atoms with van der Waals surface area (Å²) >= 11 is 0. The van der Waals surface area contributed by atoms with Crippen molar-refractivity contribution in [2.24, 2.45) is 11.3 Å². The highest BCUT2D eigenvalue weighted by atomic mass is 16.5. The summed E-state index contributed by atoms with van der Waals surface area (Å²) in [4.78, 5) is 19.0. The largest absolute Gasteiger partial charge is 0.381 e. The van der Waals surface area contributed by atoms with Crippen LogP contribution in [0.1, 0.15) is 43.0 Å². The average molecular weight is 331 g/mol. The van der Waals surface area contributed by atoms with Crippen LogP contribution in [0.3, 0.4) is 0 Å². The molecule has 5 nitrogen and oxygen atoms in total. The first-order chi connectivity index (χ1) is 11.7. The average Bonchev–Trinajstić information content (AvgIpc) is 2.96. The van der Waals surface area contributed by atoms with Crippen LogP contribution in [-0.4, -0.2) is 55.2 Å². The Hall–Kier alpha value is -1.46. The number of nitrogens with one attached hydrogen (secondary N) is 1. The molecular weight excluding hydrogens is 302 g/mol. The Bertz CT molecular complexity index is 529. The first-order valence-electron chi connectivity index (χ1n) is 9.22. The van der Waals surface area contributed by atoms with Crippen LogP contribution in [0.4, 0.5) is 0 Å². The topological polar surface area (TPSA) is 54.5 Å². The molecular formula is C19H29N3O2. The standard InChI is InChI=1S/C19H29N3O2/c1-2-3-9-22-14-17(19(15-22)6-10-24-11-7-19)13-21-18(23)16-5-4-8-20-12-16/h4-5,8,12,17H,2-3,6-7,9-11,13-15H2,1H3,(H,21,23). The second-order valence-electron chi connectivity index (χ2n) is 7.21. The predicted molar refractivity (Wildman–Crippen MR) is 93.9 cm³/mol. The SMILES string of the molecule is CCCCN1CC(CNC(=O)c2cccnc2)C2(CCOCC2)C1. The van der Waals surface area contributed by atoms with Crippen molar-refractivity contribution in [3.63, 3.8) is 0 Å². The quantitative estimate of drug-likeness (QED) is 0.869. The summed E-state index contributed by atoms with van der Waals surface area (Å²) in [6.07, 6.45) is 8.03. The van der Waals surface area contributed by atoms with Gasteiger partial charge in [-0.1, -0.05) is 13.3 Å². The van der Waals surface area contributed by atoms with E-state index in [-0.39, 0.29) is 5.91 Å². The van der Waals surface area contributed by atoms with E-state index in [1.165, 1.54) is 19.4 Å². The Kier molecular flexibility index (Phi) is 5.85. The lowest BCUT2D eigenvalue weighted by Gasteiger charge is -2.38. The molecule has 2 aliphatic heterocycles. The molecule has 2 aliphatic rings. The van der Waals surface area contributed by atoms with Crippen LogP contribution in [0.25, 0.3) is 0 Å². The fraction of sp³-hybridized carbons (Fsp3) is 0.684. The Morgan fingerprint density at radius 1 is 1.46 bits per heavy atom. The summed E-state index contributed by atoms with van der Waals surface area (Å²) in [6.45, 7) is 8.12. The molecule has 132 valence electrons.